The average molecular weight is 317 g/mol. The van der Waals surface area contributed by atoms with Crippen molar-refractivity contribution in [3.63, 3.8) is 0 Å². The first kappa shape index (κ1) is 13.5. The number of nitrogens with zero attached hydrogens (tertiary/aromatic N) is 2. The minimum Gasteiger partial charge on any atom is -0.502 e. The number of aromatic hydroxyl groups is 1. The molecule has 0 radical (unpaired) electrons. The smallest absolute Gasteiger partial charge is 0.502 e. The minimum absolute atomic E-state index is 0.323. The largest absolute Gasteiger partial charge is 0.573 e. The van der Waals surface area contributed by atoms with Crippen molar-refractivity contribution in [3.8, 4) is 11.5 Å². The lowest BCUT2D eigenvalue weighted by Gasteiger charge is -2.12. The van der Waals surface area contributed by atoms with Crippen LogP contribution in [0.2, 0.25) is 0 Å². The Balaban J connectivity index is 3.35. The maximum atomic E-state index is 12.0. The van der Waals surface area contributed by atoms with Crippen molar-refractivity contribution in [3.05, 3.63) is 21.9 Å². The summed E-state index contributed by atoms with van der Waals surface area (Å²) >= 11 is 2.77. The maximum Gasteiger partial charge on any atom is 0.573 e. The van der Waals surface area contributed by atoms with Gasteiger partial charge in [0.2, 0.25) is 5.75 Å². The Morgan fingerprint density at radius 1 is 1.59 bits per heavy atom. The molecule has 0 aliphatic carbocycles. The molecule has 1 aromatic rings. The SMILES string of the molecule is O=[N+]([O-])c1ncc(O)c(OC(F)(F)F)c1CBr. The van der Waals surface area contributed by atoms with E-state index in [4.69, 9.17) is 5.11 Å². The normalized spacial score (nSPS) is 11.3. The van der Waals surface area contributed by atoms with Gasteiger partial charge >= 0.3 is 12.2 Å². The van der Waals surface area contributed by atoms with E-state index in [-0.39, 0.29) is 5.33 Å². The van der Waals surface area contributed by atoms with E-state index in [0.29, 0.717) is 6.20 Å². The summed E-state index contributed by atoms with van der Waals surface area (Å²) in [6.07, 6.45) is -4.55. The Hall–Kier alpha value is -1.58. The molecule has 0 saturated heterocycles. The van der Waals surface area contributed by atoms with E-state index in [1.807, 2.05) is 0 Å². The highest BCUT2D eigenvalue weighted by atomic mass is 79.9. The highest BCUT2D eigenvalue weighted by Gasteiger charge is 2.36. The van der Waals surface area contributed by atoms with Gasteiger partial charge in [0.15, 0.2) is 11.9 Å². The molecule has 1 aromatic heterocycles. The fourth-order valence-electron chi connectivity index (χ4n) is 1.02. The summed E-state index contributed by atoms with van der Waals surface area (Å²) in [5.74, 6) is -2.78. The first-order valence-corrected chi connectivity index (χ1v) is 5.05. The first-order chi connectivity index (χ1) is 7.76. The second-order valence-electron chi connectivity index (χ2n) is 2.71. The zero-order valence-electron chi connectivity index (χ0n) is 7.86. The summed E-state index contributed by atoms with van der Waals surface area (Å²) in [5, 5.41) is 19.4. The Morgan fingerprint density at radius 3 is 2.59 bits per heavy atom. The zero-order chi connectivity index (χ0) is 13.2. The fraction of sp³-hybridized carbons (Fsp3) is 0.286. The van der Waals surface area contributed by atoms with Gasteiger partial charge < -0.3 is 20.0 Å². The van der Waals surface area contributed by atoms with Crippen molar-refractivity contribution in [2.24, 2.45) is 0 Å². The van der Waals surface area contributed by atoms with Gasteiger partial charge in [-0.2, -0.15) is 0 Å². The monoisotopic (exact) mass is 316 g/mol. The lowest BCUT2D eigenvalue weighted by atomic mass is 10.2. The van der Waals surface area contributed by atoms with Gasteiger partial charge in [0.25, 0.3) is 0 Å². The standard InChI is InChI=1S/C7H4BrF3N2O4/c8-1-3-5(17-7(9,10)11)4(14)2-12-6(3)13(15)16/h2,14H,1H2. The van der Waals surface area contributed by atoms with E-state index < -0.39 is 34.2 Å². The van der Waals surface area contributed by atoms with Gasteiger partial charge in [-0.1, -0.05) is 15.9 Å². The zero-order valence-corrected chi connectivity index (χ0v) is 9.45. The minimum atomic E-state index is -5.07. The molecule has 0 atom stereocenters. The number of halogens is 4. The average Bonchev–Trinajstić information content (AvgIpc) is 2.18. The predicted molar refractivity (Wildman–Crippen MR) is 51.9 cm³/mol. The van der Waals surface area contributed by atoms with E-state index in [1.54, 1.807) is 0 Å². The first-order valence-electron chi connectivity index (χ1n) is 3.93. The summed E-state index contributed by atoms with van der Waals surface area (Å²) < 4.78 is 39.6. The molecular weight excluding hydrogens is 313 g/mol. The molecule has 94 valence electrons. The molecule has 0 fully saturated rings. The van der Waals surface area contributed by atoms with Crippen LogP contribution in [0, 0.1) is 10.1 Å². The van der Waals surface area contributed by atoms with Crippen LogP contribution >= 0.6 is 15.9 Å². The third kappa shape index (κ3) is 3.19. The Labute approximate surface area is 100 Å². The van der Waals surface area contributed by atoms with Crippen molar-refractivity contribution in [1.29, 1.82) is 0 Å². The topological polar surface area (TPSA) is 85.5 Å². The van der Waals surface area contributed by atoms with E-state index in [2.05, 4.69) is 25.7 Å². The van der Waals surface area contributed by atoms with E-state index >= 15 is 0 Å². The number of hydrogen-bond donors (Lipinski definition) is 1. The number of alkyl halides is 4. The van der Waals surface area contributed by atoms with Crippen molar-refractivity contribution < 1.29 is 27.9 Å². The van der Waals surface area contributed by atoms with Gasteiger partial charge in [-0.25, -0.2) is 0 Å². The second-order valence-corrected chi connectivity index (χ2v) is 3.27. The van der Waals surface area contributed by atoms with E-state index in [0.717, 1.165) is 0 Å². The Kier molecular flexibility index (Phi) is 3.76. The quantitative estimate of drug-likeness (QED) is 0.526. The highest BCUT2D eigenvalue weighted by Crippen LogP contribution is 2.39. The van der Waals surface area contributed by atoms with Gasteiger partial charge in [0.05, 0.1) is 0 Å². The third-order valence-corrected chi connectivity index (χ3v) is 2.17. The van der Waals surface area contributed by atoms with Gasteiger partial charge in [0, 0.05) is 5.33 Å². The number of rotatable bonds is 3. The van der Waals surface area contributed by atoms with Crippen LogP contribution in [0.25, 0.3) is 0 Å². The van der Waals surface area contributed by atoms with Crippen LogP contribution in [0.15, 0.2) is 6.20 Å². The van der Waals surface area contributed by atoms with Crippen LogP contribution in [-0.2, 0) is 5.33 Å². The van der Waals surface area contributed by atoms with Crippen molar-refractivity contribution >= 4 is 21.7 Å². The van der Waals surface area contributed by atoms with Crippen LogP contribution in [0.1, 0.15) is 5.56 Å². The van der Waals surface area contributed by atoms with Gasteiger partial charge in [-0.15, -0.1) is 13.2 Å². The fourth-order valence-corrected chi connectivity index (χ4v) is 1.53. The molecule has 0 amide bonds. The summed E-state index contributed by atoms with van der Waals surface area (Å²) in [4.78, 5) is 12.8. The van der Waals surface area contributed by atoms with Crippen LogP contribution in [0.4, 0.5) is 19.0 Å². The number of pyridine rings is 1. The second kappa shape index (κ2) is 4.73. The van der Waals surface area contributed by atoms with E-state index in [1.165, 1.54) is 0 Å². The molecule has 0 aliphatic rings. The summed E-state index contributed by atoms with van der Waals surface area (Å²) in [6.45, 7) is 0. The Bertz CT molecular complexity index is 451. The molecule has 17 heavy (non-hydrogen) atoms. The number of nitro groups is 1. The summed E-state index contributed by atoms with van der Waals surface area (Å²) in [6, 6.07) is 0. The van der Waals surface area contributed by atoms with Crippen LogP contribution in [-0.4, -0.2) is 21.4 Å². The lowest BCUT2D eigenvalue weighted by molar-refractivity contribution is -0.390. The van der Waals surface area contributed by atoms with Crippen molar-refractivity contribution in [2.75, 3.05) is 0 Å². The molecule has 0 aliphatic heterocycles. The number of ether oxygens (including phenoxy) is 1. The number of aromatic nitrogens is 1. The van der Waals surface area contributed by atoms with Crippen LogP contribution in [0.5, 0.6) is 11.5 Å². The molecule has 0 saturated carbocycles. The Morgan fingerprint density at radius 2 is 2.18 bits per heavy atom. The van der Waals surface area contributed by atoms with Crippen molar-refractivity contribution in [2.45, 2.75) is 11.7 Å². The predicted octanol–water partition coefficient (Wildman–Crippen LogP) is 2.49. The molecule has 0 bridgehead atoms. The molecule has 1 heterocycles. The molecule has 1 N–H and O–H groups in total. The van der Waals surface area contributed by atoms with Gasteiger partial charge in [-0.3, -0.25) is 0 Å². The summed E-state index contributed by atoms with van der Waals surface area (Å²) in [5.41, 5.74) is -0.493. The molecule has 1 rings (SSSR count). The van der Waals surface area contributed by atoms with Gasteiger partial charge in [-0.05, 0) is 9.91 Å². The highest BCUT2D eigenvalue weighted by molar-refractivity contribution is 9.08. The molecule has 10 heteroatoms. The van der Waals surface area contributed by atoms with Crippen molar-refractivity contribution in [1.82, 2.24) is 4.98 Å². The molecule has 6 nitrogen and oxygen atoms in total. The molecule has 0 unspecified atom stereocenters. The van der Waals surface area contributed by atoms with E-state index in [9.17, 15) is 23.3 Å². The third-order valence-electron chi connectivity index (χ3n) is 1.61. The molecule has 0 spiro atoms. The van der Waals surface area contributed by atoms with Gasteiger partial charge in [0.1, 0.15) is 5.56 Å². The van der Waals surface area contributed by atoms with Crippen LogP contribution in [0.3, 0.4) is 0 Å². The lowest BCUT2D eigenvalue weighted by Crippen LogP contribution is -2.18. The molecular formula is C7H4BrF3N2O4. The molecule has 0 aromatic carbocycles. The maximum absolute atomic E-state index is 12.0. The summed E-state index contributed by atoms with van der Waals surface area (Å²) in [7, 11) is 0. The van der Waals surface area contributed by atoms with Crippen LogP contribution < -0.4 is 4.74 Å². The number of hydrogen-bond acceptors (Lipinski definition) is 5.